The lowest BCUT2D eigenvalue weighted by atomic mass is 9.85. The summed E-state index contributed by atoms with van der Waals surface area (Å²) in [5.41, 5.74) is 3.74. The van der Waals surface area contributed by atoms with Gasteiger partial charge in [0.25, 0.3) is 0 Å². The van der Waals surface area contributed by atoms with Gasteiger partial charge in [0.15, 0.2) is 0 Å². The standard InChI is InChI=1S/C24H32N4O2/c1-27-15-21(20-5-6-22(29)26-24(20)30)19-4-2-3-18(23(19)27)16-9-13-28(14-10-16)17-7-11-25-12-8-17/h2-4,15-17,20,25H,5-14H2,1H3,(H,26,29,30). The van der Waals surface area contributed by atoms with Crippen LogP contribution in [0.15, 0.2) is 24.4 Å². The smallest absolute Gasteiger partial charge is 0.234 e. The van der Waals surface area contributed by atoms with E-state index >= 15 is 0 Å². The van der Waals surface area contributed by atoms with Crippen molar-refractivity contribution >= 4 is 22.7 Å². The van der Waals surface area contributed by atoms with Crippen molar-refractivity contribution in [2.75, 3.05) is 26.2 Å². The normalized spacial score (nSPS) is 25.0. The summed E-state index contributed by atoms with van der Waals surface area (Å²) in [5, 5.41) is 7.16. The first kappa shape index (κ1) is 19.8. The number of nitrogens with one attached hydrogen (secondary N) is 2. The van der Waals surface area contributed by atoms with E-state index in [1.807, 2.05) is 0 Å². The maximum Gasteiger partial charge on any atom is 0.234 e. The fourth-order valence-electron chi connectivity index (χ4n) is 5.88. The Labute approximate surface area is 178 Å². The number of carbonyl (C=O) groups is 2. The molecule has 3 fully saturated rings. The summed E-state index contributed by atoms with van der Waals surface area (Å²) < 4.78 is 2.20. The number of rotatable bonds is 3. The molecule has 2 amide bonds. The highest BCUT2D eigenvalue weighted by Gasteiger charge is 2.32. The number of piperidine rings is 3. The Hall–Kier alpha value is -2.18. The molecule has 1 unspecified atom stereocenters. The van der Waals surface area contributed by atoms with Gasteiger partial charge in [-0.2, -0.15) is 0 Å². The third-order valence-electron chi connectivity index (χ3n) is 7.47. The topological polar surface area (TPSA) is 66.4 Å². The molecule has 30 heavy (non-hydrogen) atoms. The zero-order valence-corrected chi connectivity index (χ0v) is 17.8. The number of amides is 2. The highest BCUT2D eigenvalue weighted by molar-refractivity contribution is 6.03. The number of hydrogen-bond acceptors (Lipinski definition) is 4. The maximum atomic E-state index is 12.5. The Morgan fingerprint density at radius 1 is 0.967 bits per heavy atom. The minimum absolute atomic E-state index is 0.153. The second kappa shape index (κ2) is 8.16. The van der Waals surface area contributed by atoms with Crippen molar-refractivity contribution < 1.29 is 9.59 Å². The molecule has 5 rings (SSSR count). The second-order valence-electron chi connectivity index (χ2n) is 9.23. The summed E-state index contributed by atoms with van der Waals surface area (Å²) >= 11 is 0. The zero-order valence-electron chi connectivity index (χ0n) is 17.8. The van der Waals surface area contributed by atoms with Crippen LogP contribution in [0, 0.1) is 0 Å². The summed E-state index contributed by atoms with van der Waals surface area (Å²) in [6.07, 6.45) is 8.06. The van der Waals surface area contributed by atoms with Crippen molar-refractivity contribution in [3.63, 3.8) is 0 Å². The third-order valence-corrected chi connectivity index (χ3v) is 7.47. The molecule has 1 aromatic carbocycles. The molecule has 0 aliphatic carbocycles. The van der Waals surface area contributed by atoms with E-state index in [2.05, 4.69) is 51.5 Å². The summed E-state index contributed by atoms with van der Waals surface area (Å²) in [6.45, 7) is 4.65. The minimum atomic E-state index is -0.233. The molecule has 3 saturated heterocycles. The number of aromatic nitrogens is 1. The number of nitrogens with zero attached hydrogens (tertiary/aromatic N) is 2. The second-order valence-corrected chi connectivity index (χ2v) is 9.23. The van der Waals surface area contributed by atoms with Crippen LogP contribution in [0.3, 0.4) is 0 Å². The van der Waals surface area contributed by atoms with Crippen molar-refractivity contribution in [1.82, 2.24) is 20.1 Å². The first-order chi connectivity index (χ1) is 14.6. The molecular weight excluding hydrogens is 376 g/mol. The fraction of sp³-hybridized carbons (Fsp3) is 0.583. The third kappa shape index (κ3) is 3.56. The summed E-state index contributed by atoms with van der Waals surface area (Å²) in [4.78, 5) is 26.8. The van der Waals surface area contributed by atoms with E-state index in [9.17, 15) is 9.59 Å². The first-order valence-corrected chi connectivity index (χ1v) is 11.5. The molecule has 0 saturated carbocycles. The average molecular weight is 409 g/mol. The molecule has 3 aliphatic rings. The number of carbonyl (C=O) groups excluding carboxylic acids is 2. The molecule has 0 bridgehead atoms. The van der Waals surface area contributed by atoms with Crippen molar-refractivity contribution in [3.8, 4) is 0 Å². The van der Waals surface area contributed by atoms with Crippen LogP contribution in [0.1, 0.15) is 61.5 Å². The Morgan fingerprint density at radius 3 is 2.47 bits per heavy atom. The van der Waals surface area contributed by atoms with Gasteiger partial charge in [0.05, 0.1) is 11.4 Å². The van der Waals surface area contributed by atoms with Crippen LogP contribution in [-0.4, -0.2) is 53.5 Å². The van der Waals surface area contributed by atoms with Crippen LogP contribution in [0.5, 0.6) is 0 Å². The van der Waals surface area contributed by atoms with E-state index in [4.69, 9.17) is 0 Å². The van der Waals surface area contributed by atoms with Gasteiger partial charge in [0.1, 0.15) is 0 Å². The van der Waals surface area contributed by atoms with Gasteiger partial charge >= 0.3 is 0 Å². The zero-order chi connectivity index (χ0) is 20.7. The van der Waals surface area contributed by atoms with Gasteiger partial charge in [0, 0.05) is 31.1 Å². The Kier molecular flexibility index (Phi) is 5.37. The highest BCUT2D eigenvalue weighted by Crippen LogP contribution is 2.38. The molecule has 1 aromatic heterocycles. The lowest BCUT2D eigenvalue weighted by Crippen LogP contribution is -2.46. The summed E-state index contributed by atoms with van der Waals surface area (Å²) in [7, 11) is 2.09. The molecule has 0 spiro atoms. The molecule has 160 valence electrons. The van der Waals surface area contributed by atoms with E-state index in [0.29, 0.717) is 18.8 Å². The van der Waals surface area contributed by atoms with Gasteiger partial charge < -0.3 is 14.8 Å². The first-order valence-electron chi connectivity index (χ1n) is 11.5. The van der Waals surface area contributed by atoms with Crippen LogP contribution in [0.25, 0.3) is 10.9 Å². The van der Waals surface area contributed by atoms with E-state index in [0.717, 1.165) is 24.7 Å². The number of aryl methyl sites for hydroxylation is 1. The average Bonchev–Trinajstić information content (AvgIpc) is 3.11. The Morgan fingerprint density at radius 2 is 1.73 bits per heavy atom. The van der Waals surface area contributed by atoms with E-state index < -0.39 is 0 Å². The van der Waals surface area contributed by atoms with Crippen molar-refractivity contribution in [1.29, 1.82) is 0 Å². The van der Waals surface area contributed by atoms with E-state index in [1.54, 1.807) is 0 Å². The fourth-order valence-corrected chi connectivity index (χ4v) is 5.88. The van der Waals surface area contributed by atoms with Crippen LogP contribution in [0.4, 0.5) is 0 Å². The van der Waals surface area contributed by atoms with Gasteiger partial charge in [0.2, 0.25) is 11.8 Å². The van der Waals surface area contributed by atoms with E-state index in [1.165, 1.54) is 55.2 Å². The number of likely N-dealkylation sites (tertiary alicyclic amines) is 1. The summed E-state index contributed by atoms with van der Waals surface area (Å²) in [6, 6.07) is 7.31. The maximum absolute atomic E-state index is 12.5. The molecule has 6 heteroatoms. The van der Waals surface area contributed by atoms with Gasteiger partial charge in [-0.05, 0) is 75.3 Å². The lowest BCUT2D eigenvalue weighted by molar-refractivity contribution is -0.134. The van der Waals surface area contributed by atoms with E-state index in [-0.39, 0.29) is 17.7 Å². The van der Waals surface area contributed by atoms with Crippen LogP contribution in [0.2, 0.25) is 0 Å². The van der Waals surface area contributed by atoms with Gasteiger partial charge in [-0.25, -0.2) is 0 Å². The lowest BCUT2D eigenvalue weighted by Gasteiger charge is -2.39. The predicted octanol–water partition coefficient (Wildman–Crippen LogP) is 2.63. The molecule has 4 heterocycles. The number of para-hydroxylation sites is 1. The number of hydrogen-bond donors (Lipinski definition) is 2. The molecule has 2 aromatic rings. The Balaban J connectivity index is 1.39. The van der Waals surface area contributed by atoms with Gasteiger partial charge in [-0.1, -0.05) is 18.2 Å². The Bertz CT molecular complexity index is 952. The number of fused-ring (bicyclic) bond motifs is 1. The SMILES string of the molecule is Cn1cc(C2CCC(=O)NC2=O)c2cccc(C3CCN(C4CCNCC4)CC3)c21. The molecule has 0 radical (unpaired) electrons. The molecule has 2 N–H and O–H groups in total. The van der Waals surface area contributed by atoms with Crippen LogP contribution < -0.4 is 10.6 Å². The molecule has 3 aliphatic heterocycles. The molecule has 6 nitrogen and oxygen atoms in total. The van der Waals surface area contributed by atoms with Gasteiger partial charge in [-0.3, -0.25) is 14.9 Å². The molecule has 1 atom stereocenters. The monoisotopic (exact) mass is 408 g/mol. The van der Waals surface area contributed by atoms with Crippen molar-refractivity contribution in [2.24, 2.45) is 7.05 Å². The van der Waals surface area contributed by atoms with Gasteiger partial charge in [-0.15, -0.1) is 0 Å². The van der Waals surface area contributed by atoms with Crippen molar-refractivity contribution in [2.45, 2.75) is 56.4 Å². The highest BCUT2D eigenvalue weighted by atomic mass is 16.2. The van der Waals surface area contributed by atoms with Crippen LogP contribution >= 0.6 is 0 Å². The predicted molar refractivity (Wildman–Crippen MR) is 117 cm³/mol. The number of imide groups is 1. The van der Waals surface area contributed by atoms with Crippen molar-refractivity contribution in [3.05, 3.63) is 35.5 Å². The van der Waals surface area contributed by atoms with Crippen LogP contribution in [-0.2, 0) is 16.6 Å². The minimum Gasteiger partial charge on any atom is -0.350 e. The number of benzene rings is 1. The quantitative estimate of drug-likeness (QED) is 0.767. The largest absolute Gasteiger partial charge is 0.350 e. The molecular formula is C24H32N4O2. The summed E-state index contributed by atoms with van der Waals surface area (Å²) in [5.74, 6) is 0.0235.